The smallest absolute Gasteiger partial charge is 0.248 e. The molecule has 1 aromatic heterocycles. The Labute approximate surface area is 215 Å². The van der Waals surface area contributed by atoms with E-state index < -0.39 is 0 Å². The summed E-state index contributed by atoms with van der Waals surface area (Å²) >= 11 is 0. The quantitative estimate of drug-likeness (QED) is 0.241. The SMILES string of the molecule is COc1ccc(NC(=O)/C=C(\C)c2cc3c(-c4cccc5ccccc45)coc3cc2OC)cc1OC. The van der Waals surface area contributed by atoms with Crippen LogP contribution in [0.2, 0.25) is 0 Å². The molecule has 0 saturated carbocycles. The largest absolute Gasteiger partial charge is 0.496 e. The molecule has 5 aromatic rings. The number of rotatable bonds is 7. The van der Waals surface area contributed by atoms with Gasteiger partial charge in [-0.3, -0.25) is 4.79 Å². The van der Waals surface area contributed by atoms with E-state index in [1.807, 2.05) is 37.3 Å². The summed E-state index contributed by atoms with van der Waals surface area (Å²) in [6.45, 7) is 1.88. The minimum Gasteiger partial charge on any atom is -0.496 e. The van der Waals surface area contributed by atoms with Crippen molar-refractivity contribution in [1.82, 2.24) is 0 Å². The molecule has 0 aliphatic carbocycles. The van der Waals surface area contributed by atoms with Crippen molar-refractivity contribution in [3.63, 3.8) is 0 Å². The Morgan fingerprint density at radius 2 is 1.54 bits per heavy atom. The van der Waals surface area contributed by atoms with E-state index in [-0.39, 0.29) is 5.91 Å². The minimum atomic E-state index is -0.270. The number of carbonyl (C=O) groups excluding carboxylic acids is 1. The highest BCUT2D eigenvalue weighted by Gasteiger charge is 2.16. The van der Waals surface area contributed by atoms with Gasteiger partial charge in [0.15, 0.2) is 11.5 Å². The van der Waals surface area contributed by atoms with Gasteiger partial charge in [0.2, 0.25) is 5.91 Å². The molecule has 0 unspecified atom stereocenters. The molecular formula is C31H27NO5. The number of fused-ring (bicyclic) bond motifs is 2. The lowest BCUT2D eigenvalue weighted by Gasteiger charge is -2.12. The second kappa shape index (κ2) is 10.1. The first kappa shape index (κ1) is 24.0. The van der Waals surface area contributed by atoms with Crippen LogP contribution in [0, 0.1) is 0 Å². The summed E-state index contributed by atoms with van der Waals surface area (Å²) in [5, 5.41) is 6.13. The lowest BCUT2D eigenvalue weighted by molar-refractivity contribution is -0.111. The van der Waals surface area contributed by atoms with Crippen LogP contribution >= 0.6 is 0 Å². The number of anilines is 1. The van der Waals surface area contributed by atoms with Gasteiger partial charge in [0, 0.05) is 40.4 Å². The van der Waals surface area contributed by atoms with Crippen LogP contribution in [-0.4, -0.2) is 27.2 Å². The highest BCUT2D eigenvalue weighted by atomic mass is 16.5. The van der Waals surface area contributed by atoms with E-state index in [1.165, 1.54) is 0 Å². The third-order valence-corrected chi connectivity index (χ3v) is 6.40. The van der Waals surface area contributed by atoms with Gasteiger partial charge in [0.05, 0.1) is 27.6 Å². The molecule has 1 heterocycles. The molecule has 37 heavy (non-hydrogen) atoms. The van der Waals surface area contributed by atoms with Gasteiger partial charge in [0.1, 0.15) is 11.3 Å². The number of amides is 1. The number of allylic oxidation sites excluding steroid dienone is 1. The fourth-order valence-corrected chi connectivity index (χ4v) is 4.57. The first-order chi connectivity index (χ1) is 18.0. The zero-order valence-corrected chi connectivity index (χ0v) is 21.1. The van der Waals surface area contributed by atoms with Crippen molar-refractivity contribution in [2.45, 2.75) is 6.92 Å². The molecule has 0 aliphatic rings. The molecule has 0 atom stereocenters. The van der Waals surface area contributed by atoms with Gasteiger partial charge in [-0.15, -0.1) is 0 Å². The van der Waals surface area contributed by atoms with Gasteiger partial charge in [-0.05, 0) is 47.0 Å². The molecule has 1 amide bonds. The van der Waals surface area contributed by atoms with Crippen molar-refractivity contribution in [2.75, 3.05) is 26.6 Å². The summed E-state index contributed by atoms with van der Waals surface area (Å²) < 4.78 is 22.2. The van der Waals surface area contributed by atoms with Gasteiger partial charge in [-0.25, -0.2) is 0 Å². The van der Waals surface area contributed by atoms with E-state index in [9.17, 15) is 4.79 Å². The molecular weight excluding hydrogens is 466 g/mol. The van der Waals surface area contributed by atoms with E-state index in [1.54, 1.807) is 51.9 Å². The maximum atomic E-state index is 12.9. The maximum absolute atomic E-state index is 12.9. The van der Waals surface area contributed by atoms with Gasteiger partial charge >= 0.3 is 0 Å². The summed E-state index contributed by atoms with van der Waals surface area (Å²) in [6.07, 6.45) is 3.33. The molecule has 0 radical (unpaired) electrons. The Hall–Kier alpha value is -4.71. The average molecular weight is 494 g/mol. The Morgan fingerprint density at radius 3 is 2.32 bits per heavy atom. The number of furan rings is 1. The molecule has 6 heteroatoms. The summed E-state index contributed by atoms with van der Waals surface area (Å²) in [5.41, 5.74) is 4.94. The molecule has 0 bridgehead atoms. The monoisotopic (exact) mass is 493 g/mol. The fraction of sp³-hybridized carbons (Fsp3) is 0.129. The zero-order chi connectivity index (χ0) is 25.9. The third-order valence-electron chi connectivity index (χ3n) is 6.40. The predicted molar refractivity (Wildman–Crippen MR) is 148 cm³/mol. The zero-order valence-electron chi connectivity index (χ0n) is 21.1. The van der Waals surface area contributed by atoms with E-state index >= 15 is 0 Å². The highest BCUT2D eigenvalue weighted by Crippen LogP contribution is 2.39. The van der Waals surface area contributed by atoms with Crippen LogP contribution < -0.4 is 19.5 Å². The number of carbonyl (C=O) groups is 1. The van der Waals surface area contributed by atoms with Crippen molar-refractivity contribution in [1.29, 1.82) is 0 Å². The maximum Gasteiger partial charge on any atom is 0.248 e. The van der Waals surface area contributed by atoms with E-state index in [4.69, 9.17) is 18.6 Å². The Bertz CT molecular complexity index is 1640. The summed E-state index contributed by atoms with van der Waals surface area (Å²) in [4.78, 5) is 12.9. The lowest BCUT2D eigenvalue weighted by atomic mass is 9.96. The van der Waals surface area contributed by atoms with Gasteiger partial charge in [-0.1, -0.05) is 42.5 Å². The Balaban J connectivity index is 1.52. The van der Waals surface area contributed by atoms with Crippen LogP contribution in [0.5, 0.6) is 17.2 Å². The normalized spacial score (nSPS) is 11.5. The van der Waals surface area contributed by atoms with Crippen LogP contribution in [0.25, 0.3) is 38.4 Å². The summed E-state index contributed by atoms with van der Waals surface area (Å²) in [7, 11) is 4.73. The first-order valence-electron chi connectivity index (χ1n) is 11.8. The summed E-state index contributed by atoms with van der Waals surface area (Å²) in [6, 6.07) is 23.6. The Kier molecular flexibility index (Phi) is 6.56. The van der Waals surface area contributed by atoms with E-state index in [0.29, 0.717) is 28.5 Å². The molecule has 1 N–H and O–H groups in total. The minimum absolute atomic E-state index is 0.270. The molecule has 4 aromatic carbocycles. The number of methoxy groups -OCH3 is 3. The highest BCUT2D eigenvalue weighted by molar-refractivity contribution is 6.07. The van der Waals surface area contributed by atoms with Gasteiger partial charge in [-0.2, -0.15) is 0 Å². The molecule has 5 rings (SSSR count). The number of nitrogens with one attached hydrogen (secondary N) is 1. The molecule has 0 aliphatic heterocycles. The number of hydrogen-bond acceptors (Lipinski definition) is 5. The fourth-order valence-electron chi connectivity index (χ4n) is 4.57. The second-order valence-electron chi connectivity index (χ2n) is 8.61. The number of ether oxygens (including phenoxy) is 3. The van der Waals surface area contributed by atoms with Gasteiger partial charge < -0.3 is 23.9 Å². The Morgan fingerprint density at radius 1 is 0.784 bits per heavy atom. The van der Waals surface area contributed by atoms with Crippen molar-refractivity contribution in [2.24, 2.45) is 0 Å². The van der Waals surface area contributed by atoms with Crippen molar-refractivity contribution < 1.29 is 23.4 Å². The van der Waals surface area contributed by atoms with Crippen LogP contribution in [0.3, 0.4) is 0 Å². The van der Waals surface area contributed by atoms with Gasteiger partial charge in [0.25, 0.3) is 0 Å². The van der Waals surface area contributed by atoms with Crippen molar-refractivity contribution in [3.8, 4) is 28.4 Å². The van der Waals surface area contributed by atoms with Crippen LogP contribution in [0.15, 0.2) is 89.6 Å². The lowest BCUT2D eigenvalue weighted by Crippen LogP contribution is -2.09. The topological polar surface area (TPSA) is 69.9 Å². The third kappa shape index (κ3) is 4.61. The van der Waals surface area contributed by atoms with E-state index in [2.05, 4.69) is 29.6 Å². The number of hydrogen-bond donors (Lipinski definition) is 1. The second-order valence-corrected chi connectivity index (χ2v) is 8.61. The summed E-state index contributed by atoms with van der Waals surface area (Å²) in [5.74, 6) is 1.48. The molecule has 0 fully saturated rings. The van der Waals surface area contributed by atoms with E-state index in [0.717, 1.165) is 38.4 Å². The predicted octanol–water partition coefficient (Wildman–Crippen LogP) is 7.32. The van der Waals surface area contributed by atoms with Crippen molar-refractivity contribution >= 4 is 38.9 Å². The first-order valence-corrected chi connectivity index (χ1v) is 11.8. The number of benzene rings is 4. The molecule has 186 valence electrons. The molecule has 0 saturated heterocycles. The molecule has 0 spiro atoms. The van der Waals surface area contributed by atoms with Crippen LogP contribution in [0.4, 0.5) is 5.69 Å². The molecule has 6 nitrogen and oxygen atoms in total. The standard InChI is InChI=1S/C31H27NO5/c1-19(14-31(33)32-21-12-13-27(34-2)30(15-21)36-4)24-16-25-26(18-37-29(25)17-28(24)35-3)23-11-7-9-20-8-5-6-10-22(20)23/h5-18H,1-4H3,(H,32,33)/b19-14+. The van der Waals surface area contributed by atoms with Crippen molar-refractivity contribution in [3.05, 3.63) is 90.7 Å². The average Bonchev–Trinajstić information content (AvgIpc) is 3.34. The van der Waals surface area contributed by atoms with Crippen LogP contribution in [-0.2, 0) is 4.79 Å². The van der Waals surface area contributed by atoms with Crippen LogP contribution in [0.1, 0.15) is 12.5 Å².